The molecule has 0 saturated carbocycles. The fourth-order valence-electron chi connectivity index (χ4n) is 1.48. The summed E-state index contributed by atoms with van der Waals surface area (Å²) in [5.41, 5.74) is 7.53. The zero-order valence-electron chi connectivity index (χ0n) is 10.6. The number of benzene rings is 1. The summed E-state index contributed by atoms with van der Waals surface area (Å²) in [7, 11) is 0. The number of nitrogens with two attached hydrogens (primary N) is 1. The minimum absolute atomic E-state index is 0.561. The molecule has 0 fully saturated rings. The standard InChI is InChI=1S/C13H17N3OS/c1-9-10(2)18-13(16-9)15-7-8-17-12-6-4-3-5-11(12)14/h3-6H,7-8,14H2,1-2H3,(H,15,16). The van der Waals surface area contributed by atoms with Crippen LogP contribution in [-0.2, 0) is 0 Å². The molecule has 2 rings (SSSR count). The third kappa shape index (κ3) is 3.13. The number of hydrogen-bond donors (Lipinski definition) is 2. The zero-order valence-corrected chi connectivity index (χ0v) is 11.4. The Kier molecular flexibility index (Phi) is 4.04. The van der Waals surface area contributed by atoms with Crippen LogP contribution in [0.4, 0.5) is 10.8 Å². The van der Waals surface area contributed by atoms with Gasteiger partial charge in [0.25, 0.3) is 0 Å². The number of nitrogen functional groups attached to an aromatic ring is 1. The van der Waals surface area contributed by atoms with Gasteiger partial charge < -0.3 is 15.8 Å². The summed E-state index contributed by atoms with van der Waals surface area (Å²) in [5, 5.41) is 4.18. The van der Waals surface area contributed by atoms with Crippen molar-refractivity contribution in [3.63, 3.8) is 0 Å². The molecule has 3 N–H and O–H groups in total. The number of para-hydroxylation sites is 2. The van der Waals surface area contributed by atoms with Crippen molar-refractivity contribution in [3.8, 4) is 5.75 Å². The van der Waals surface area contributed by atoms with Gasteiger partial charge in [0, 0.05) is 4.88 Å². The molecule has 0 amide bonds. The second-order valence-electron chi connectivity index (χ2n) is 3.97. The second kappa shape index (κ2) is 5.73. The van der Waals surface area contributed by atoms with E-state index in [1.807, 2.05) is 31.2 Å². The summed E-state index contributed by atoms with van der Waals surface area (Å²) >= 11 is 1.66. The van der Waals surface area contributed by atoms with Crippen LogP contribution in [0.1, 0.15) is 10.6 Å². The molecule has 0 aliphatic heterocycles. The van der Waals surface area contributed by atoms with Crippen LogP contribution >= 0.6 is 11.3 Å². The van der Waals surface area contributed by atoms with Gasteiger partial charge in [-0.25, -0.2) is 4.98 Å². The molecule has 2 aromatic rings. The van der Waals surface area contributed by atoms with Crippen LogP contribution in [0, 0.1) is 13.8 Å². The van der Waals surface area contributed by atoms with Crippen molar-refractivity contribution < 1.29 is 4.74 Å². The molecule has 1 heterocycles. The van der Waals surface area contributed by atoms with E-state index in [2.05, 4.69) is 17.2 Å². The first-order valence-corrected chi connectivity index (χ1v) is 6.63. The lowest BCUT2D eigenvalue weighted by Gasteiger charge is -2.08. The van der Waals surface area contributed by atoms with Crippen molar-refractivity contribution in [3.05, 3.63) is 34.8 Å². The van der Waals surface area contributed by atoms with Crippen molar-refractivity contribution in [1.82, 2.24) is 4.98 Å². The molecule has 1 aromatic heterocycles. The Balaban J connectivity index is 1.78. The SMILES string of the molecule is Cc1nc(NCCOc2ccccc2N)sc1C. The fraction of sp³-hybridized carbons (Fsp3) is 0.308. The second-order valence-corrected chi connectivity index (χ2v) is 5.18. The number of ether oxygens (including phenoxy) is 1. The summed E-state index contributed by atoms with van der Waals surface area (Å²) in [5.74, 6) is 0.728. The first-order chi connectivity index (χ1) is 8.66. The van der Waals surface area contributed by atoms with Crippen LogP contribution < -0.4 is 15.8 Å². The Morgan fingerprint density at radius 1 is 1.33 bits per heavy atom. The third-order valence-corrected chi connectivity index (χ3v) is 3.61. The molecule has 4 nitrogen and oxygen atoms in total. The van der Waals surface area contributed by atoms with Crippen LogP contribution in [0.5, 0.6) is 5.75 Å². The number of rotatable bonds is 5. The highest BCUT2D eigenvalue weighted by Crippen LogP contribution is 2.21. The van der Waals surface area contributed by atoms with E-state index in [9.17, 15) is 0 Å². The summed E-state index contributed by atoms with van der Waals surface area (Å²) in [4.78, 5) is 5.64. The number of aromatic nitrogens is 1. The van der Waals surface area contributed by atoms with Gasteiger partial charge in [-0.05, 0) is 26.0 Å². The maximum Gasteiger partial charge on any atom is 0.183 e. The Morgan fingerprint density at radius 2 is 2.11 bits per heavy atom. The van der Waals surface area contributed by atoms with Gasteiger partial charge in [-0.3, -0.25) is 0 Å². The van der Waals surface area contributed by atoms with Crippen molar-refractivity contribution in [2.24, 2.45) is 0 Å². The molecule has 1 aromatic carbocycles. The molecule has 0 unspecified atom stereocenters. The molecule has 18 heavy (non-hydrogen) atoms. The Labute approximate surface area is 111 Å². The minimum atomic E-state index is 0.561. The molecule has 0 aliphatic carbocycles. The molecular formula is C13H17N3OS. The summed E-state index contributed by atoms with van der Waals surface area (Å²) in [6.45, 7) is 5.35. The van der Waals surface area contributed by atoms with Gasteiger partial charge in [0.05, 0.1) is 17.9 Å². The van der Waals surface area contributed by atoms with Gasteiger partial charge in [-0.15, -0.1) is 11.3 Å². The van der Waals surface area contributed by atoms with Gasteiger partial charge in [-0.1, -0.05) is 12.1 Å². The van der Waals surface area contributed by atoms with E-state index in [1.54, 1.807) is 11.3 Å². The van der Waals surface area contributed by atoms with Crippen molar-refractivity contribution >= 4 is 22.2 Å². The van der Waals surface area contributed by atoms with Crippen LogP contribution in [-0.4, -0.2) is 18.1 Å². The van der Waals surface area contributed by atoms with Gasteiger partial charge in [-0.2, -0.15) is 0 Å². The third-order valence-electron chi connectivity index (χ3n) is 2.58. The number of anilines is 2. The van der Waals surface area contributed by atoms with E-state index in [4.69, 9.17) is 10.5 Å². The molecule has 5 heteroatoms. The molecule has 0 aliphatic rings. The maximum atomic E-state index is 5.78. The number of thiazole rings is 1. The maximum absolute atomic E-state index is 5.78. The van der Waals surface area contributed by atoms with Crippen molar-refractivity contribution in [2.75, 3.05) is 24.2 Å². The number of hydrogen-bond acceptors (Lipinski definition) is 5. The first kappa shape index (κ1) is 12.7. The highest BCUT2D eigenvalue weighted by atomic mass is 32.1. The summed E-state index contributed by atoms with van der Waals surface area (Å²) < 4.78 is 5.58. The van der Waals surface area contributed by atoms with E-state index >= 15 is 0 Å². The van der Waals surface area contributed by atoms with E-state index < -0.39 is 0 Å². The van der Waals surface area contributed by atoms with E-state index in [0.29, 0.717) is 18.8 Å². The van der Waals surface area contributed by atoms with Gasteiger partial charge >= 0.3 is 0 Å². The quantitative estimate of drug-likeness (QED) is 0.643. The van der Waals surface area contributed by atoms with Crippen LogP contribution in [0.2, 0.25) is 0 Å². The predicted molar refractivity (Wildman–Crippen MR) is 76.4 cm³/mol. The average Bonchev–Trinajstić information content (AvgIpc) is 2.66. The van der Waals surface area contributed by atoms with Crippen LogP contribution in [0.25, 0.3) is 0 Å². The molecule has 96 valence electrons. The molecular weight excluding hydrogens is 246 g/mol. The van der Waals surface area contributed by atoms with E-state index in [0.717, 1.165) is 16.6 Å². The Bertz CT molecular complexity index is 505. The lowest BCUT2D eigenvalue weighted by atomic mass is 10.3. The van der Waals surface area contributed by atoms with Crippen molar-refractivity contribution in [2.45, 2.75) is 13.8 Å². The monoisotopic (exact) mass is 263 g/mol. The number of nitrogens with one attached hydrogen (secondary N) is 1. The Hall–Kier alpha value is -1.75. The highest BCUT2D eigenvalue weighted by molar-refractivity contribution is 7.15. The van der Waals surface area contributed by atoms with E-state index in [1.165, 1.54) is 4.88 Å². The predicted octanol–water partition coefficient (Wildman–Crippen LogP) is 2.83. The van der Waals surface area contributed by atoms with E-state index in [-0.39, 0.29) is 0 Å². The molecule has 0 atom stereocenters. The van der Waals surface area contributed by atoms with Gasteiger partial charge in [0.2, 0.25) is 0 Å². The Morgan fingerprint density at radius 3 is 2.78 bits per heavy atom. The smallest absolute Gasteiger partial charge is 0.183 e. The molecule has 0 saturated heterocycles. The number of nitrogens with zero attached hydrogens (tertiary/aromatic N) is 1. The summed E-state index contributed by atoms with van der Waals surface area (Å²) in [6.07, 6.45) is 0. The average molecular weight is 263 g/mol. The molecule has 0 bridgehead atoms. The summed E-state index contributed by atoms with van der Waals surface area (Å²) in [6, 6.07) is 7.50. The fourth-order valence-corrected chi connectivity index (χ4v) is 2.32. The zero-order chi connectivity index (χ0) is 13.0. The molecule has 0 radical (unpaired) electrons. The van der Waals surface area contributed by atoms with Gasteiger partial charge in [0.15, 0.2) is 5.13 Å². The highest BCUT2D eigenvalue weighted by Gasteiger charge is 2.02. The largest absolute Gasteiger partial charge is 0.490 e. The van der Waals surface area contributed by atoms with Gasteiger partial charge in [0.1, 0.15) is 12.4 Å². The number of aryl methyl sites for hydroxylation is 2. The van der Waals surface area contributed by atoms with Crippen molar-refractivity contribution in [1.29, 1.82) is 0 Å². The van der Waals surface area contributed by atoms with Crippen LogP contribution in [0.3, 0.4) is 0 Å². The normalized spacial score (nSPS) is 10.3. The van der Waals surface area contributed by atoms with Crippen LogP contribution in [0.15, 0.2) is 24.3 Å². The minimum Gasteiger partial charge on any atom is -0.490 e. The lowest BCUT2D eigenvalue weighted by molar-refractivity contribution is 0.334. The molecule has 0 spiro atoms. The lowest BCUT2D eigenvalue weighted by Crippen LogP contribution is -2.11. The first-order valence-electron chi connectivity index (χ1n) is 5.82. The topological polar surface area (TPSA) is 60.2 Å².